The first-order valence-corrected chi connectivity index (χ1v) is 7.17. The van der Waals surface area contributed by atoms with E-state index >= 15 is 0 Å². The number of aliphatic carboxylic acids is 1. The number of hydrogen-bond donors (Lipinski definition) is 1. The number of nitro groups is 1. The van der Waals surface area contributed by atoms with Crippen LogP contribution in [0.3, 0.4) is 0 Å². The number of rotatable bonds is 6. The van der Waals surface area contributed by atoms with Crippen molar-refractivity contribution in [1.82, 2.24) is 4.90 Å². The predicted molar refractivity (Wildman–Crippen MR) is 78.1 cm³/mol. The van der Waals surface area contributed by atoms with Crippen LogP contribution in [0.5, 0.6) is 0 Å². The minimum atomic E-state index is -0.856. The SMILES string of the molecule is Cc1c(CN(CC(=O)O)C2CCCC2)cccc1[N+](=O)[O-]. The molecule has 1 aromatic carbocycles. The summed E-state index contributed by atoms with van der Waals surface area (Å²) in [5.74, 6) is -0.856. The molecule has 114 valence electrons. The summed E-state index contributed by atoms with van der Waals surface area (Å²) in [4.78, 5) is 23.6. The molecule has 0 aliphatic heterocycles. The molecule has 0 aromatic heterocycles. The van der Waals surface area contributed by atoms with Crippen molar-refractivity contribution in [3.8, 4) is 0 Å². The Labute approximate surface area is 123 Å². The van der Waals surface area contributed by atoms with Crippen LogP contribution in [0.25, 0.3) is 0 Å². The zero-order valence-corrected chi connectivity index (χ0v) is 12.1. The predicted octanol–water partition coefficient (Wildman–Crippen LogP) is 2.73. The molecular weight excluding hydrogens is 272 g/mol. The van der Waals surface area contributed by atoms with Gasteiger partial charge in [0, 0.05) is 24.2 Å². The second kappa shape index (κ2) is 6.67. The summed E-state index contributed by atoms with van der Waals surface area (Å²) < 4.78 is 0. The molecule has 1 saturated carbocycles. The molecule has 1 fully saturated rings. The van der Waals surface area contributed by atoms with Crippen LogP contribution in [0, 0.1) is 17.0 Å². The molecule has 1 aromatic rings. The summed E-state index contributed by atoms with van der Waals surface area (Å²) in [6.45, 7) is 2.15. The first-order chi connectivity index (χ1) is 9.99. The summed E-state index contributed by atoms with van der Waals surface area (Å²) in [5.41, 5.74) is 1.54. The van der Waals surface area contributed by atoms with Crippen molar-refractivity contribution in [2.24, 2.45) is 0 Å². The van der Waals surface area contributed by atoms with Gasteiger partial charge in [0.25, 0.3) is 5.69 Å². The van der Waals surface area contributed by atoms with E-state index in [1.807, 2.05) is 11.0 Å². The second-order valence-electron chi connectivity index (χ2n) is 5.56. The van der Waals surface area contributed by atoms with Gasteiger partial charge < -0.3 is 5.11 Å². The number of benzene rings is 1. The van der Waals surface area contributed by atoms with Crippen LogP contribution in [0.15, 0.2) is 18.2 Å². The Hall–Kier alpha value is -1.95. The first kappa shape index (κ1) is 15.4. The molecule has 0 heterocycles. The smallest absolute Gasteiger partial charge is 0.317 e. The molecule has 2 rings (SSSR count). The molecule has 0 unspecified atom stereocenters. The molecule has 0 spiro atoms. The minimum absolute atomic E-state index is 0.0210. The van der Waals surface area contributed by atoms with Gasteiger partial charge >= 0.3 is 5.97 Å². The van der Waals surface area contributed by atoms with Crippen molar-refractivity contribution in [2.75, 3.05) is 6.54 Å². The van der Waals surface area contributed by atoms with Crippen molar-refractivity contribution in [1.29, 1.82) is 0 Å². The van der Waals surface area contributed by atoms with Gasteiger partial charge in [-0.25, -0.2) is 0 Å². The summed E-state index contributed by atoms with van der Waals surface area (Å²) in [5, 5.41) is 20.1. The average Bonchev–Trinajstić information content (AvgIpc) is 2.93. The molecule has 1 N–H and O–H groups in total. The van der Waals surface area contributed by atoms with E-state index in [9.17, 15) is 14.9 Å². The Morgan fingerprint density at radius 1 is 1.43 bits per heavy atom. The highest BCUT2D eigenvalue weighted by Crippen LogP contribution is 2.27. The van der Waals surface area contributed by atoms with Gasteiger partial charge in [-0.1, -0.05) is 25.0 Å². The van der Waals surface area contributed by atoms with Gasteiger partial charge in [-0.05, 0) is 25.3 Å². The Kier molecular flexibility index (Phi) is 4.90. The lowest BCUT2D eigenvalue weighted by molar-refractivity contribution is -0.385. The van der Waals surface area contributed by atoms with Crippen LogP contribution >= 0.6 is 0 Å². The van der Waals surface area contributed by atoms with Gasteiger partial charge in [0.05, 0.1) is 11.5 Å². The Morgan fingerprint density at radius 2 is 2.10 bits per heavy atom. The molecule has 0 amide bonds. The number of nitrogens with zero attached hydrogens (tertiary/aromatic N) is 2. The molecule has 0 bridgehead atoms. The summed E-state index contributed by atoms with van der Waals surface area (Å²) in [6, 6.07) is 5.25. The number of carboxylic acids is 1. The van der Waals surface area contributed by atoms with Gasteiger partial charge in [-0.15, -0.1) is 0 Å². The van der Waals surface area contributed by atoms with Crippen molar-refractivity contribution in [3.63, 3.8) is 0 Å². The highest BCUT2D eigenvalue weighted by atomic mass is 16.6. The van der Waals surface area contributed by atoms with Crippen LogP contribution in [0.2, 0.25) is 0 Å². The molecule has 0 saturated heterocycles. The minimum Gasteiger partial charge on any atom is -0.480 e. The topological polar surface area (TPSA) is 83.7 Å². The maximum absolute atomic E-state index is 11.1. The van der Waals surface area contributed by atoms with Crippen molar-refractivity contribution in [3.05, 3.63) is 39.4 Å². The normalized spacial score (nSPS) is 15.5. The molecule has 21 heavy (non-hydrogen) atoms. The number of carbonyl (C=O) groups is 1. The van der Waals surface area contributed by atoms with E-state index in [1.54, 1.807) is 13.0 Å². The van der Waals surface area contributed by atoms with Crippen LogP contribution in [0.1, 0.15) is 36.8 Å². The van der Waals surface area contributed by atoms with E-state index in [4.69, 9.17) is 5.11 Å². The quantitative estimate of drug-likeness (QED) is 0.643. The molecule has 0 atom stereocenters. The maximum Gasteiger partial charge on any atom is 0.317 e. The van der Waals surface area contributed by atoms with E-state index < -0.39 is 10.9 Å². The maximum atomic E-state index is 11.1. The lowest BCUT2D eigenvalue weighted by atomic mass is 10.0. The highest BCUT2D eigenvalue weighted by Gasteiger charge is 2.25. The zero-order valence-electron chi connectivity index (χ0n) is 12.1. The fourth-order valence-electron chi connectivity index (χ4n) is 3.02. The summed E-state index contributed by atoms with van der Waals surface area (Å²) in [7, 11) is 0. The zero-order chi connectivity index (χ0) is 15.4. The fraction of sp³-hybridized carbons (Fsp3) is 0.533. The van der Waals surface area contributed by atoms with Crippen molar-refractivity contribution in [2.45, 2.75) is 45.2 Å². The second-order valence-corrected chi connectivity index (χ2v) is 5.56. The van der Waals surface area contributed by atoms with Crippen LogP contribution < -0.4 is 0 Å². The lowest BCUT2D eigenvalue weighted by Gasteiger charge is -2.27. The van der Waals surface area contributed by atoms with E-state index in [-0.39, 0.29) is 18.3 Å². The van der Waals surface area contributed by atoms with E-state index in [1.165, 1.54) is 6.07 Å². The fourth-order valence-corrected chi connectivity index (χ4v) is 3.02. The van der Waals surface area contributed by atoms with Gasteiger partial charge in [-0.2, -0.15) is 0 Å². The summed E-state index contributed by atoms with van der Waals surface area (Å²) >= 11 is 0. The third kappa shape index (κ3) is 3.78. The molecule has 6 nitrogen and oxygen atoms in total. The lowest BCUT2D eigenvalue weighted by Crippen LogP contribution is -2.37. The Balaban J connectivity index is 2.21. The van der Waals surface area contributed by atoms with Gasteiger partial charge in [0.1, 0.15) is 0 Å². The van der Waals surface area contributed by atoms with Crippen molar-refractivity contribution < 1.29 is 14.8 Å². The van der Waals surface area contributed by atoms with E-state index in [2.05, 4.69) is 0 Å². The number of carboxylic acid groups (broad SMARTS) is 1. The summed E-state index contributed by atoms with van der Waals surface area (Å²) in [6.07, 6.45) is 4.24. The van der Waals surface area contributed by atoms with Crippen LogP contribution in [-0.4, -0.2) is 33.5 Å². The third-order valence-corrected chi connectivity index (χ3v) is 4.17. The van der Waals surface area contributed by atoms with Gasteiger partial charge in [0.15, 0.2) is 0 Å². The monoisotopic (exact) mass is 292 g/mol. The number of nitro benzene ring substituents is 1. The van der Waals surface area contributed by atoms with Gasteiger partial charge in [-0.3, -0.25) is 19.8 Å². The third-order valence-electron chi connectivity index (χ3n) is 4.17. The van der Waals surface area contributed by atoms with Crippen molar-refractivity contribution >= 4 is 11.7 Å². The Bertz CT molecular complexity index is 538. The molecule has 1 aliphatic carbocycles. The standard InChI is InChI=1S/C15H20N2O4/c1-11-12(5-4-8-14(11)17(20)21)9-16(10-15(18)19)13-6-2-3-7-13/h4-5,8,13H,2-3,6-7,9-10H2,1H3,(H,18,19). The Morgan fingerprint density at radius 3 is 2.67 bits per heavy atom. The largest absolute Gasteiger partial charge is 0.480 e. The molecule has 1 aliphatic rings. The molecule has 6 heteroatoms. The van der Waals surface area contributed by atoms with Gasteiger partial charge in [0.2, 0.25) is 0 Å². The molecule has 0 radical (unpaired) electrons. The number of hydrogen-bond acceptors (Lipinski definition) is 4. The van der Waals surface area contributed by atoms with Crippen LogP contribution in [0.4, 0.5) is 5.69 Å². The van der Waals surface area contributed by atoms with E-state index in [0.29, 0.717) is 12.1 Å². The first-order valence-electron chi connectivity index (χ1n) is 7.17. The highest BCUT2D eigenvalue weighted by molar-refractivity contribution is 5.69. The van der Waals surface area contributed by atoms with Crippen LogP contribution in [-0.2, 0) is 11.3 Å². The molecular formula is C15H20N2O4. The average molecular weight is 292 g/mol. The van der Waals surface area contributed by atoms with E-state index in [0.717, 1.165) is 31.2 Å².